The zero-order chi connectivity index (χ0) is 13.7. The van der Waals surface area contributed by atoms with Gasteiger partial charge in [0.1, 0.15) is 5.02 Å². The van der Waals surface area contributed by atoms with Crippen molar-refractivity contribution in [1.82, 2.24) is 0 Å². The Kier molecular flexibility index (Phi) is 3.01. The first-order valence-corrected chi connectivity index (χ1v) is 5.46. The van der Waals surface area contributed by atoms with Gasteiger partial charge >= 0.3 is 5.97 Å². The molecule has 0 saturated heterocycles. The van der Waals surface area contributed by atoms with Crippen molar-refractivity contribution in [3.05, 3.63) is 33.9 Å². The largest absolute Gasteiger partial charge is 0.481 e. The highest BCUT2D eigenvalue weighted by atomic mass is 35.5. The maximum absolute atomic E-state index is 13.7. The second kappa shape index (κ2) is 4.12. The van der Waals surface area contributed by atoms with E-state index in [2.05, 4.69) is 0 Å². The summed E-state index contributed by atoms with van der Waals surface area (Å²) >= 11 is 5.07. The third-order valence-electron chi connectivity index (χ3n) is 3.30. The quantitative estimate of drug-likeness (QED) is 0.513. The summed E-state index contributed by atoms with van der Waals surface area (Å²) in [4.78, 5) is 11.1. The Balaban J connectivity index is 2.76. The molecule has 2 rings (SSSR count). The molecule has 1 N–H and O–H groups in total. The van der Waals surface area contributed by atoms with Gasteiger partial charge in [-0.2, -0.15) is 0 Å². The highest BCUT2D eigenvalue weighted by molar-refractivity contribution is 6.30. The van der Waals surface area contributed by atoms with E-state index < -0.39 is 45.2 Å². The van der Waals surface area contributed by atoms with Gasteiger partial charge in [-0.3, -0.25) is 4.79 Å². The molecule has 1 aromatic rings. The topological polar surface area (TPSA) is 37.3 Å². The Morgan fingerprint density at radius 1 is 1.06 bits per heavy atom. The molecule has 1 aliphatic rings. The summed E-state index contributed by atoms with van der Waals surface area (Å²) in [6.45, 7) is 0. The van der Waals surface area contributed by atoms with Crippen molar-refractivity contribution in [2.75, 3.05) is 0 Å². The van der Waals surface area contributed by atoms with Crippen LogP contribution in [0, 0.1) is 23.3 Å². The van der Waals surface area contributed by atoms with Crippen LogP contribution < -0.4 is 0 Å². The zero-order valence-electron chi connectivity index (χ0n) is 8.87. The standard InChI is InChI=1S/C11H7ClF4O2/c12-5-8(15)6(13)4(7(14)9(5)16)11(10(17)18)2-1-3-11/h1-3H2,(H,17,18). The molecule has 0 aliphatic heterocycles. The second-order valence-corrected chi connectivity index (χ2v) is 4.56. The van der Waals surface area contributed by atoms with Crippen LogP contribution in [0.2, 0.25) is 5.02 Å². The molecule has 1 aliphatic carbocycles. The number of carbonyl (C=O) groups is 1. The minimum Gasteiger partial charge on any atom is -0.481 e. The van der Waals surface area contributed by atoms with Gasteiger partial charge in [-0.15, -0.1) is 0 Å². The molecule has 98 valence electrons. The fraction of sp³-hybridized carbons (Fsp3) is 0.364. The average Bonchev–Trinajstić information content (AvgIpc) is 2.26. The fourth-order valence-corrected chi connectivity index (χ4v) is 2.29. The molecule has 18 heavy (non-hydrogen) atoms. The lowest BCUT2D eigenvalue weighted by Gasteiger charge is -2.38. The van der Waals surface area contributed by atoms with Crippen LogP contribution in [0.4, 0.5) is 17.6 Å². The van der Waals surface area contributed by atoms with Crippen LogP contribution in [0.15, 0.2) is 0 Å². The maximum atomic E-state index is 13.7. The minimum absolute atomic E-state index is 0.0727. The van der Waals surface area contributed by atoms with Gasteiger partial charge in [-0.1, -0.05) is 18.0 Å². The van der Waals surface area contributed by atoms with E-state index >= 15 is 0 Å². The Hall–Kier alpha value is -1.30. The van der Waals surface area contributed by atoms with Crippen molar-refractivity contribution in [3.63, 3.8) is 0 Å². The van der Waals surface area contributed by atoms with Crippen LogP contribution in [0.25, 0.3) is 0 Å². The SMILES string of the molecule is O=C(O)C1(c2c(F)c(F)c(Cl)c(F)c2F)CCC1. The summed E-state index contributed by atoms with van der Waals surface area (Å²) in [5.74, 6) is -8.51. The van der Waals surface area contributed by atoms with E-state index in [1.165, 1.54) is 0 Å². The predicted octanol–water partition coefficient (Wildman–Crippen LogP) is 3.40. The molecule has 0 radical (unpaired) electrons. The Morgan fingerprint density at radius 3 is 1.78 bits per heavy atom. The van der Waals surface area contributed by atoms with Crippen molar-refractivity contribution >= 4 is 17.6 Å². The molecular formula is C11H7ClF4O2. The summed E-state index contributed by atoms with van der Waals surface area (Å²) < 4.78 is 53.9. The first-order chi connectivity index (χ1) is 8.33. The van der Waals surface area contributed by atoms with Crippen LogP contribution in [-0.2, 0) is 10.2 Å². The number of halogens is 5. The predicted molar refractivity (Wildman–Crippen MR) is 54.4 cm³/mol. The lowest BCUT2D eigenvalue weighted by molar-refractivity contribution is -0.147. The number of benzene rings is 1. The third kappa shape index (κ3) is 1.51. The molecule has 0 heterocycles. The number of carboxylic acid groups (broad SMARTS) is 1. The smallest absolute Gasteiger partial charge is 0.314 e. The second-order valence-electron chi connectivity index (χ2n) is 4.19. The molecule has 1 fully saturated rings. The normalized spacial score (nSPS) is 17.4. The first-order valence-electron chi connectivity index (χ1n) is 5.08. The number of aliphatic carboxylic acids is 1. The number of carboxylic acids is 1. The van der Waals surface area contributed by atoms with Gasteiger partial charge in [0.2, 0.25) is 0 Å². The van der Waals surface area contributed by atoms with Crippen LogP contribution in [0.5, 0.6) is 0 Å². The summed E-state index contributed by atoms with van der Waals surface area (Å²) in [6.07, 6.45) is 0.268. The van der Waals surface area contributed by atoms with Crippen LogP contribution in [-0.4, -0.2) is 11.1 Å². The van der Waals surface area contributed by atoms with E-state index in [0.717, 1.165) is 0 Å². The monoisotopic (exact) mass is 282 g/mol. The molecule has 7 heteroatoms. The summed E-state index contributed by atoms with van der Waals surface area (Å²) in [5.41, 5.74) is -2.99. The van der Waals surface area contributed by atoms with Gasteiger partial charge in [-0.05, 0) is 12.8 Å². The van der Waals surface area contributed by atoms with Crippen LogP contribution in [0.1, 0.15) is 24.8 Å². The van der Waals surface area contributed by atoms with Crippen LogP contribution >= 0.6 is 11.6 Å². The van der Waals surface area contributed by atoms with E-state index in [1.54, 1.807) is 0 Å². The highest BCUT2D eigenvalue weighted by Crippen LogP contribution is 2.47. The molecule has 0 atom stereocenters. The van der Waals surface area contributed by atoms with Gasteiger partial charge in [0, 0.05) is 5.56 Å². The highest BCUT2D eigenvalue weighted by Gasteiger charge is 2.51. The zero-order valence-corrected chi connectivity index (χ0v) is 9.62. The van der Waals surface area contributed by atoms with E-state index in [4.69, 9.17) is 16.7 Å². The Bertz CT molecular complexity index is 511. The molecule has 0 amide bonds. The number of hydrogen-bond acceptors (Lipinski definition) is 1. The Labute approximate surface area is 104 Å². The van der Waals surface area contributed by atoms with Crippen molar-refractivity contribution in [1.29, 1.82) is 0 Å². The minimum atomic E-state index is -1.90. The van der Waals surface area contributed by atoms with Crippen molar-refractivity contribution in [3.8, 4) is 0 Å². The number of rotatable bonds is 2. The Morgan fingerprint density at radius 2 is 1.50 bits per heavy atom. The van der Waals surface area contributed by atoms with Gasteiger partial charge < -0.3 is 5.11 Å². The van der Waals surface area contributed by atoms with E-state index in [9.17, 15) is 22.4 Å². The molecule has 0 unspecified atom stereocenters. The first kappa shape index (κ1) is 13.1. The summed E-state index contributed by atoms with van der Waals surface area (Å²) in [5, 5.41) is 7.71. The van der Waals surface area contributed by atoms with Gasteiger partial charge in [-0.25, -0.2) is 17.6 Å². The van der Waals surface area contributed by atoms with E-state index in [0.29, 0.717) is 6.42 Å². The van der Waals surface area contributed by atoms with Crippen molar-refractivity contribution in [2.45, 2.75) is 24.7 Å². The van der Waals surface area contributed by atoms with Gasteiger partial charge in [0.15, 0.2) is 23.3 Å². The summed E-state index contributed by atoms with van der Waals surface area (Å²) in [7, 11) is 0. The summed E-state index contributed by atoms with van der Waals surface area (Å²) in [6, 6.07) is 0. The fourth-order valence-electron chi connectivity index (χ4n) is 2.13. The molecule has 1 aromatic carbocycles. The third-order valence-corrected chi connectivity index (χ3v) is 3.64. The molecule has 0 aromatic heterocycles. The molecule has 1 saturated carbocycles. The lowest BCUT2D eigenvalue weighted by Crippen LogP contribution is -2.44. The molecule has 2 nitrogen and oxygen atoms in total. The van der Waals surface area contributed by atoms with Gasteiger partial charge in [0.25, 0.3) is 0 Å². The molecular weight excluding hydrogens is 276 g/mol. The maximum Gasteiger partial charge on any atom is 0.314 e. The van der Waals surface area contributed by atoms with Crippen LogP contribution in [0.3, 0.4) is 0 Å². The average molecular weight is 283 g/mol. The molecule has 0 bridgehead atoms. The van der Waals surface area contributed by atoms with Gasteiger partial charge in [0.05, 0.1) is 5.41 Å². The van der Waals surface area contributed by atoms with E-state index in [1.807, 2.05) is 0 Å². The molecule has 0 spiro atoms. The van der Waals surface area contributed by atoms with Crippen molar-refractivity contribution < 1.29 is 27.5 Å². The number of hydrogen-bond donors (Lipinski definition) is 1. The van der Waals surface area contributed by atoms with E-state index in [-0.39, 0.29) is 12.8 Å². The van der Waals surface area contributed by atoms with Crippen molar-refractivity contribution in [2.24, 2.45) is 0 Å². The lowest BCUT2D eigenvalue weighted by atomic mass is 9.64.